The fourth-order valence-corrected chi connectivity index (χ4v) is 4.46. The molecule has 5 nitrogen and oxygen atoms in total. The summed E-state index contributed by atoms with van der Waals surface area (Å²) in [4.78, 5) is 2.45. The molecule has 0 amide bonds. The highest BCUT2D eigenvalue weighted by Crippen LogP contribution is 2.27. The van der Waals surface area contributed by atoms with Crippen LogP contribution in [0.3, 0.4) is 0 Å². The average Bonchev–Trinajstić information content (AvgIpc) is 2.74. The third-order valence-corrected chi connectivity index (χ3v) is 5.57. The normalized spacial score (nSPS) is 31.6. The Bertz CT molecular complexity index is 358. The summed E-state index contributed by atoms with van der Waals surface area (Å²) in [6, 6.07) is 0.569. The maximum Gasteiger partial charge on any atom is 0.279 e. The Morgan fingerprint density at radius 3 is 2.71 bits per heavy atom. The van der Waals surface area contributed by atoms with Crippen LogP contribution in [0.15, 0.2) is 0 Å². The van der Waals surface area contributed by atoms with Crippen LogP contribution in [0.5, 0.6) is 0 Å². The Balaban J connectivity index is 2.14. The number of hydrogen-bond donors (Lipinski definition) is 1. The first-order chi connectivity index (χ1) is 8.08. The van der Waals surface area contributed by atoms with Gasteiger partial charge in [-0.05, 0) is 25.8 Å². The molecule has 0 spiro atoms. The molecule has 6 heteroatoms. The standard InChI is InChI=1S/C11H23N3O2S/c1-3-10-8-13-7-5-6-11(13)9-14(10)17(15,16)12-4-2/h10-12H,3-9H2,1-2H3. The van der Waals surface area contributed by atoms with Crippen molar-refractivity contribution in [3.63, 3.8) is 0 Å². The van der Waals surface area contributed by atoms with E-state index in [1.54, 1.807) is 4.31 Å². The molecule has 2 aliphatic rings. The molecule has 0 bridgehead atoms. The number of hydrogen-bond acceptors (Lipinski definition) is 3. The maximum atomic E-state index is 12.1. The van der Waals surface area contributed by atoms with Crippen LogP contribution >= 0.6 is 0 Å². The van der Waals surface area contributed by atoms with Gasteiger partial charge in [0, 0.05) is 31.7 Å². The molecule has 0 aromatic rings. The van der Waals surface area contributed by atoms with Crippen molar-refractivity contribution in [2.45, 2.75) is 45.2 Å². The van der Waals surface area contributed by atoms with E-state index in [0.717, 1.165) is 25.9 Å². The lowest BCUT2D eigenvalue weighted by molar-refractivity contribution is 0.105. The first-order valence-corrected chi connectivity index (χ1v) is 8.03. The molecule has 17 heavy (non-hydrogen) atoms. The Morgan fingerprint density at radius 2 is 2.06 bits per heavy atom. The van der Waals surface area contributed by atoms with Crippen LogP contribution in [0.2, 0.25) is 0 Å². The summed E-state index contributed by atoms with van der Waals surface area (Å²) in [6.07, 6.45) is 3.22. The van der Waals surface area contributed by atoms with Gasteiger partial charge in [-0.2, -0.15) is 12.7 Å². The fraction of sp³-hybridized carbons (Fsp3) is 1.00. The highest BCUT2D eigenvalue weighted by molar-refractivity contribution is 7.87. The predicted molar refractivity (Wildman–Crippen MR) is 68.0 cm³/mol. The third-order valence-electron chi connectivity index (χ3n) is 3.85. The fourth-order valence-electron chi connectivity index (χ4n) is 2.95. The minimum absolute atomic E-state index is 0.133. The monoisotopic (exact) mass is 261 g/mol. The van der Waals surface area contributed by atoms with E-state index in [1.807, 2.05) is 6.92 Å². The summed E-state index contributed by atoms with van der Waals surface area (Å²) in [5.74, 6) is 0. The topological polar surface area (TPSA) is 52.7 Å². The van der Waals surface area contributed by atoms with E-state index in [9.17, 15) is 8.42 Å². The van der Waals surface area contributed by atoms with Crippen molar-refractivity contribution in [3.8, 4) is 0 Å². The first kappa shape index (κ1) is 13.3. The highest BCUT2D eigenvalue weighted by Gasteiger charge is 2.40. The maximum absolute atomic E-state index is 12.1. The molecule has 0 saturated carbocycles. The van der Waals surface area contributed by atoms with Gasteiger partial charge in [0.05, 0.1) is 0 Å². The first-order valence-electron chi connectivity index (χ1n) is 6.59. The zero-order valence-electron chi connectivity index (χ0n) is 10.7. The van der Waals surface area contributed by atoms with Crippen molar-refractivity contribution in [3.05, 3.63) is 0 Å². The molecule has 1 N–H and O–H groups in total. The van der Waals surface area contributed by atoms with E-state index in [2.05, 4.69) is 16.5 Å². The average molecular weight is 261 g/mol. The molecule has 2 saturated heterocycles. The van der Waals surface area contributed by atoms with Crippen molar-refractivity contribution >= 4 is 10.2 Å². The highest BCUT2D eigenvalue weighted by atomic mass is 32.2. The minimum Gasteiger partial charge on any atom is -0.297 e. The van der Waals surface area contributed by atoms with Crippen LogP contribution in [0.25, 0.3) is 0 Å². The van der Waals surface area contributed by atoms with E-state index in [4.69, 9.17) is 0 Å². The van der Waals surface area contributed by atoms with Crippen molar-refractivity contribution in [1.29, 1.82) is 0 Å². The van der Waals surface area contributed by atoms with E-state index in [0.29, 0.717) is 19.1 Å². The zero-order valence-corrected chi connectivity index (χ0v) is 11.5. The van der Waals surface area contributed by atoms with Crippen LogP contribution in [0.1, 0.15) is 33.1 Å². The molecule has 2 heterocycles. The van der Waals surface area contributed by atoms with E-state index < -0.39 is 10.2 Å². The quantitative estimate of drug-likeness (QED) is 0.797. The predicted octanol–water partition coefficient (Wildman–Crippen LogP) is 0.399. The molecule has 0 aromatic carbocycles. The lowest BCUT2D eigenvalue weighted by atomic mass is 10.1. The molecule has 2 aliphatic heterocycles. The van der Waals surface area contributed by atoms with Crippen molar-refractivity contribution in [2.75, 3.05) is 26.2 Å². The lowest BCUT2D eigenvalue weighted by Crippen LogP contribution is -2.59. The molecule has 100 valence electrons. The molecule has 2 atom stereocenters. The van der Waals surface area contributed by atoms with Crippen LogP contribution in [0, 0.1) is 0 Å². The summed E-state index contributed by atoms with van der Waals surface area (Å²) in [5.41, 5.74) is 0. The second kappa shape index (κ2) is 5.22. The van der Waals surface area contributed by atoms with Gasteiger partial charge in [-0.15, -0.1) is 0 Å². The van der Waals surface area contributed by atoms with Crippen LogP contribution < -0.4 is 4.72 Å². The van der Waals surface area contributed by atoms with Gasteiger partial charge in [-0.1, -0.05) is 13.8 Å². The summed E-state index contributed by atoms with van der Waals surface area (Å²) < 4.78 is 28.6. The minimum atomic E-state index is -3.28. The Hall–Kier alpha value is -0.170. The summed E-state index contributed by atoms with van der Waals surface area (Å²) >= 11 is 0. The van der Waals surface area contributed by atoms with Gasteiger partial charge in [0.25, 0.3) is 10.2 Å². The number of piperazine rings is 1. The molecule has 2 fully saturated rings. The molecule has 0 aliphatic carbocycles. The summed E-state index contributed by atoms with van der Waals surface area (Å²) in [6.45, 7) is 7.04. The summed E-state index contributed by atoms with van der Waals surface area (Å²) in [5, 5.41) is 0. The second-order valence-electron chi connectivity index (χ2n) is 4.93. The van der Waals surface area contributed by atoms with Crippen LogP contribution in [0.4, 0.5) is 0 Å². The molecule has 0 radical (unpaired) electrons. The number of fused-ring (bicyclic) bond motifs is 1. The molecule has 0 aromatic heterocycles. The van der Waals surface area contributed by atoms with Gasteiger partial charge in [0.2, 0.25) is 0 Å². The number of nitrogens with zero attached hydrogens (tertiary/aromatic N) is 2. The van der Waals surface area contributed by atoms with Crippen molar-refractivity contribution in [1.82, 2.24) is 13.9 Å². The van der Waals surface area contributed by atoms with E-state index in [-0.39, 0.29) is 6.04 Å². The second-order valence-corrected chi connectivity index (χ2v) is 6.63. The Kier molecular flexibility index (Phi) is 4.07. The van der Waals surface area contributed by atoms with E-state index in [1.165, 1.54) is 6.42 Å². The van der Waals surface area contributed by atoms with Gasteiger partial charge >= 0.3 is 0 Å². The Morgan fingerprint density at radius 1 is 1.29 bits per heavy atom. The molecule has 2 rings (SSSR count). The number of rotatable bonds is 4. The van der Waals surface area contributed by atoms with Gasteiger partial charge in [-0.3, -0.25) is 4.90 Å². The van der Waals surface area contributed by atoms with Gasteiger partial charge < -0.3 is 0 Å². The SMILES string of the molecule is CCNS(=O)(=O)N1CC2CCCN2CC1CC. The van der Waals surface area contributed by atoms with Gasteiger partial charge in [-0.25, -0.2) is 4.72 Å². The van der Waals surface area contributed by atoms with Gasteiger partial charge in [0.15, 0.2) is 0 Å². The Labute approximate surface area is 104 Å². The van der Waals surface area contributed by atoms with Crippen molar-refractivity contribution in [2.24, 2.45) is 0 Å². The summed E-state index contributed by atoms with van der Waals surface area (Å²) in [7, 11) is -3.28. The van der Waals surface area contributed by atoms with Crippen LogP contribution in [-0.2, 0) is 10.2 Å². The number of nitrogens with one attached hydrogen (secondary N) is 1. The molecule has 2 unspecified atom stereocenters. The molecular weight excluding hydrogens is 238 g/mol. The smallest absolute Gasteiger partial charge is 0.279 e. The zero-order chi connectivity index (χ0) is 12.5. The third kappa shape index (κ3) is 2.65. The largest absolute Gasteiger partial charge is 0.297 e. The van der Waals surface area contributed by atoms with Crippen LogP contribution in [-0.4, -0.2) is 55.9 Å². The lowest BCUT2D eigenvalue weighted by Gasteiger charge is -2.42. The van der Waals surface area contributed by atoms with E-state index >= 15 is 0 Å². The molecular formula is C11H23N3O2S. The van der Waals surface area contributed by atoms with Gasteiger partial charge in [0.1, 0.15) is 0 Å². The van der Waals surface area contributed by atoms with Crippen molar-refractivity contribution < 1.29 is 8.42 Å².